The molecule has 0 amide bonds. The fourth-order valence-corrected chi connectivity index (χ4v) is 4.01. The average Bonchev–Trinajstić information content (AvgIpc) is 2.79. The van der Waals surface area contributed by atoms with Crippen LogP contribution in [0.5, 0.6) is 5.75 Å². The van der Waals surface area contributed by atoms with Gasteiger partial charge in [0.1, 0.15) is 5.75 Å². The van der Waals surface area contributed by atoms with Crippen LogP contribution in [0.2, 0.25) is 0 Å². The molecular weight excluding hydrogens is 352 g/mol. The fourth-order valence-electron chi connectivity index (χ4n) is 4.01. The molecule has 0 aliphatic carbocycles. The van der Waals surface area contributed by atoms with E-state index in [1.165, 1.54) is 5.69 Å². The second-order valence-corrected chi connectivity index (χ2v) is 7.21. The maximum Gasteiger partial charge on any atom is 0.142 e. The lowest BCUT2D eigenvalue weighted by Gasteiger charge is -2.46. The number of nitrogens with zero attached hydrogens (tertiary/aromatic N) is 5. The average molecular weight is 383 g/mol. The molecule has 2 N–H and O–H groups in total. The molecule has 0 spiro atoms. The van der Waals surface area contributed by atoms with Crippen LogP contribution >= 0.6 is 0 Å². The van der Waals surface area contributed by atoms with Gasteiger partial charge >= 0.3 is 0 Å². The zero-order chi connectivity index (χ0) is 19.3. The van der Waals surface area contributed by atoms with Crippen molar-refractivity contribution in [2.75, 3.05) is 69.3 Å². The van der Waals surface area contributed by atoms with Gasteiger partial charge in [-0.1, -0.05) is 30.3 Å². The predicted octanol–water partition coefficient (Wildman–Crippen LogP) is 1.65. The molecule has 0 radical (unpaired) electrons. The lowest BCUT2D eigenvalue weighted by molar-refractivity contribution is -0.192. The number of benzene rings is 2. The number of hydrogen-bond acceptors (Lipinski definition) is 7. The van der Waals surface area contributed by atoms with Crippen molar-refractivity contribution in [2.24, 2.45) is 5.84 Å². The highest BCUT2D eigenvalue weighted by Crippen LogP contribution is 2.28. The SMILES string of the molecule is COc1ccccc1N1CCN(N(N)N2CCN(c3ccccc3)CC2)CC1. The molecule has 0 aromatic heterocycles. The van der Waals surface area contributed by atoms with Gasteiger partial charge in [0, 0.05) is 58.0 Å². The molecule has 0 atom stereocenters. The normalized spacial score (nSPS) is 19.2. The van der Waals surface area contributed by atoms with E-state index >= 15 is 0 Å². The molecule has 2 aromatic rings. The van der Waals surface area contributed by atoms with Crippen molar-refractivity contribution in [1.82, 2.24) is 15.2 Å². The number of ether oxygens (including phenoxy) is 1. The van der Waals surface area contributed by atoms with Crippen LogP contribution in [0.25, 0.3) is 0 Å². The Balaban J connectivity index is 1.29. The fraction of sp³-hybridized carbons (Fsp3) is 0.429. The molecule has 0 saturated carbocycles. The smallest absolute Gasteiger partial charge is 0.142 e. The largest absolute Gasteiger partial charge is 0.495 e. The van der Waals surface area contributed by atoms with Gasteiger partial charge in [0.05, 0.1) is 12.8 Å². The highest BCUT2D eigenvalue weighted by atomic mass is 16.5. The topological polar surface area (TPSA) is 51.5 Å². The number of anilines is 2. The molecule has 0 bridgehead atoms. The van der Waals surface area contributed by atoms with E-state index in [9.17, 15) is 0 Å². The van der Waals surface area contributed by atoms with Gasteiger partial charge in [0.2, 0.25) is 0 Å². The number of piperazine rings is 2. The lowest BCUT2D eigenvalue weighted by Crippen LogP contribution is -2.65. The molecule has 2 aliphatic rings. The Morgan fingerprint density at radius 2 is 1.25 bits per heavy atom. The van der Waals surface area contributed by atoms with E-state index in [1.54, 1.807) is 7.11 Å². The molecule has 2 fully saturated rings. The van der Waals surface area contributed by atoms with Crippen LogP contribution in [-0.2, 0) is 0 Å². The van der Waals surface area contributed by atoms with Gasteiger partial charge in [-0.15, -0.1) is 5.23 Å². The molecule has 2 aromatic carbocycles. The van der Waals surface area contributed by atoms with Crippen molar-refractivity contribution >= 4 is 11.4 Å². The molecular formula is C21H30N6O. The van der Waals surface area contributed by atoms with Gasteiger partial charge < -0.3 is 14.5 Å². The van der Waals surface area contributed by atoms with Crippen molar-refractivity contribution in [3.05, 3.63) is 54.6 Å². The van der Waals surface area contributed by atoms with E-state index in [4.69, 9.17) is 10.6 Å². The Bertz CT molecular complexity index is 742. The molecule has 2 saturated heterocycles. The summed E-state index contributed by atoms with van der Waals surface area (Å²) >= 11 is 0. The minimum atomic E-state index is 0.896. The van der Waals surface area contributed by atoms with Gasteiger partial charge in [-0.25, -0.2) is 15.9 Å². The number of nitrogens with two attached hydrogens (primary N) is 1. The first-order valence-electron chi connectivity index (χ1n) is 9.99. The minimum absolute atomic E-state index is 0.896. The van der Waals surface area contributed by atoms with Crippen LogP contribution in [-0.4, -0.2) is 74.7 Å². The highest BCUT2D eigenvalue weighted by molar-refractivity contribution is 5.58. The quantitative estimate of drug-likeness (QED) is 0.623. The second-order valence-electron chi connectivity index (χ2n) is 7.21. The Morgan fingerprint density at radius 3 is 1.86 bits per heavy atom. The summed E-state index contributed by atoms with van der Waals surface area (Å²) in [4.78, 5) is 4.79. The van der Waals surface area contributed by atoms with E-state index in [2.05, 4.69) is 62.3 Å². The molecule has 7 heteroatoms. The van der Waals surface area contributed by atoms with Crippen LogP contribution in [0, 0.1) is 0 Å². The first-order valence-corrected chi connectivity index (χ1v) is 9.99. The third kappa shape index (κ3) is 4.07. The highest BCUT2D eigenvalue weighted by Gasteiger charge is 2.27. The van der Waals surface area contributed by atoms with E-state index in [-0.39, 0.29) is 0 Å². The van der Waals surface area contributed by atoms with Gasteiger partial charge in [0.15, 0.2) is 0 Å². The number of hydrogen-bond donors (Lipinski definition) is 1. The first kappa shape index (κ1) is 19.0. The summed E-state index contributed by atoms with van der Waals surface area (Å²) in [5.74, 6) is 7.40. The Hall–Kier alpha value is -2.32. The standard InChI is InChI=1S/C21H30N6O/c1-28-21-10-6-5-9-20(21)24-13-17-26(18-14-24)27(22)25-15-11-23(12-16-25)19-7-3-2-4-8-19/h2-10H,11-18,22H2,1H3. The Morgan fingerprint density at radius 1 is 0.714 bits per heavy atom. The lowest BCUT2D eigenvalue weighted by atomic mass is 10.2. The molecule has 0 unspecified atom stereocenters. The third-order valence-corrected chi connectivity index (χ3v) is 5.64. The van der Waals surface area contributed by atoms with Gasteiger partial charge in [0.25, 0.3) is 0 Å². The number of hydrazine groups is 3. The summed E-state index contributed by atoms with van der Waals surface area (Å²) in [6.45, 7) is 7.48. The second kappa shape index (κ2) is 8.79. The van der Waals surface area contributed by atoms with Crippen LogP contribution in [0.1, 0.15) is 0 Å². The third-order valence-electron chi connectivity index (χ3n) is 5.64. The predicted molar refractivity (Wildman–Crippen MR) is 113 cm³/mol. The maximum atomic E-state index is 6.47. The van der Waals surface area contributed by atoms with Gasteiger partial charge in [-0.3, -0.25) is 0 Å². The molecule has 150 valence electrons. The van der Waals surface area contributed by atoms with Crippen molar-refractivity contribution in [3.8, 4) is 5.75 Å². The van der Waals surface area contributed by atoms with Crippen molar-refractivity contribution < 1.29 is 4.74 Å². The zero-order valence-electron chi connectivity index (χ0n) is 16.6. The van der Waals surface area contributed by atoms with E-state index in [0.717, 1.165) is 63.8 Å². The van der Waals surface area contributed by atoms with E-state index in [0.29, 0.717) is 0 Å². The first-order chi connectivity index (χ1) is 13.8. The zero-order valence-corrected chi connectivity index (χ0v) is 16.6. The monoisotopic (exact) mass is 382 g/mol. The molecule has 2 heterocycles. The maximum absolute atomic E-state index is 6.47. The van der Waals surface area contributed by atoms with Crippen molar-refractivity contribution in [1.29, 1.82) is 0 Å². The van der Waals surface area contributed by atoms with E-state index in [1.807, 2.05) is 17.4 Å². The summed E-state index contributed by atoms with van der Waals surface area (Å²) in [6.07, 6.45) is 0. The van der Waals surface area contributed by atoms with Crippen molar-refractivity contribution in [3.63, 3.8) is 0 Å². The molecule has 7 nitrogen and oxygen atoms in total. The van der Waals surface area contributed by atoms with Gasteiger partial charge in [-0.2, -0.15) is 0 Å². The molecule has 2 aliphatic heterocycles. The summed E-state index contributed by atoms with van der Waals surface area (Å²) in [7, 11) is 1.73. The number of methoxy groups -OCH3 is 1. The van der Waals surface area contributed by atoms with Crippen LogP contribution in [0.15, 0.2) is 54.6 Å². The van der Waals surface area contributed by atoms with E-state index < -0.39 is 0 Å². The summed E-state index contributed by atoms with van der Waals surface area (Å²) in [6, 6.07) is 18.8. The Kier molecular flexibility index (Phi) is 5.97. The van der Waals surface area contributed by atoms with Crippen LogP contribution in [0.4, 0.5) is 11.4 Å². The van der Waals surface area contributed by atoms with Crippen molar-refractivity contribution in [2.45, 2.75) is 0 Å². The number of rotatable bonds is 5. The van der Waals surface area contributed by atoms with Gasteiger partial charge in [-0.05, 0) is 24.3 Å². The van der Waals surface area contributed by atoms with Crippen LogP contribution in [0.3, 0.4) is 0 Å². The molecule has 28 heavy (non-hydrogen) atoms. The number of para-hydroxylation sites is 3. The summed E-state index contributed by atoms with van der Waals surface area (Å²) < 4.78 is 5.51. The minimum Gasteiger partial charge on any atom is -0.495 e. The molecule has 4 rings (SSSR count). The summed E-state index contributed by atoms with van der Waals surface area (Å²) in [5.41, 5.74) is 2.45. The van der Waals surface area contributed by atoms with Crippen LogP contribution < -0.4 is 20.4 Å². The summed E-state index contributed by atoms with van der Waals surface area (Å²) in [5, 5.41) is 6.34. The Labute approximate surface area is 167 Å².